The summed E-state index contributed by atoms with van der Waals surface area (Å²) >= 11 is 12.7. The zero-order chi connectivity index (χ0) is 31.9. The highest BCUT2D eigenvalue weighted by atomic mass is 35.5. The SMILES string of the molecule is COc1cc(C(=O)O)ccc1N1C(=O)[C@H]2[C@H](c3cccc(Cl)c3F)[C@]3(C(=O)Nc4cc(Cl)ccc43)[C@H](CC(C)(C)C)N2[C@@H]1C. The van der Waals surface area contributed by atoms with Crippen LogP contribution >= 0.6 is 23.2 Å². The van der Waals surface area contributed by atoms with Crippen LogP contribution in [-0.4, -0.2) is 53.1 Å². The van der Waals surface area contributed by atoms with Crippen LogP contribution in [0.5, 0.6) is 5.75 Å². The van der Waals surface area contributed by atoms with E-state index in [1.807, 2.05) is 11.8 Å². The highest BCUT2D eigenvalue weighted by molar-refractivity contribution is 6.31. The molecule has 1 spiro atoms. The van der Waals surface area contributed by atoms with Crippen LogP contribution in [0.2, 0.25) is 10.0 Å². The van der Waals surface area contributed by atoms with Crippen LogP contribution in [0.4, 0.5) is 15.8 Å². The Kier molecular flexibility index (Phi) is 7.22. The van der Waals surface area contributed by atoms with Gasteiger partial charge < -0.3 is 15.2 Å². The maximum absolute atomic E-state index is 16.2. The van der Waals surface area contributed by atoms with Gasteiger partial charge in [-0.1, -0.05) is 62.2 Å². The van der Waals surface area contributed by atoms with Crippen molar-refractivity contribution in [1.82, 2.24) is 4.90 Å². The van der Waals surface area contributed by atoms with Crippen LogP contribution in [0.3, 0.4) is 0 Å². The number of benzene rings is 3. The van der Waals surface area contributed by atoms with E-state index in [1.165, 1.54) is 25.3 Å². The first-order chi connectivity index (χ1) is 20.7. The van der Waals surface area contributed by atoms with E-state index in [9.17, 15) is 19.5 Å². The molecule has 3 heterocycles. The summed E-state index contributed by atoms with van der Waals surface area (Å²) in [4.78, 5) is 44.6. The summed E-state index contributed by atoms with van der Waals surface area (Å²) in [6.45, 7) is 8.05. The number of hydrogen-bond acceptors (Lipinski definition) is 5. The largest absolute Gasteiger partial charge is 0.495 e. The van der Waals surface area contributed by atoms with Crippen LogP contribution in [0.15, 0.2) is 54.6 Å². The number of aromatic carboxylic acids is 1. The molecule has 3 aromatic carbocycles. The number of carboxylic acid groups (broad SMARTS) is 1. The van der Waals surface area contributed by atoms with Gasteiger partial charge in [0, 0.05) is 22.7 Å². The first-order valence-corrected chi connectivity index (χ1v) is 15.0. The van der Waals surface area contributed by atoms with Crippen molar-refractivity contribution in [3.05, 3.63) is 87.2 Å². The lowest BCUT2D eigenvalue weighted by Crippen LogP contribution is -2.54. The molecule has 11 heteroatoms. The molecular formula is C33H32Cl2FN3O5. The summed E-state index contributed by atoms with van der Waals surface area (Å²) in [6, 6.07) is 12.6. The number of carbonyl (C=O) groups excluding carboxylic acids is 2. The molecule has 3 aromatic rings. The molecule has 0 aromatic heterocycles. The van der Waals surface area contributed by atoms with Crippen molar-refractivity contribution >= 4 is 52.4 Å². The molecule has 2 saturated heterocycles. The fourth-order valence-corrected chi connectivity index (χ4v) is 7.95. The molecule has 44 heavy (non-hydrogen) atoms. The van der Waals surface area contributed by atoms with Crippen molar-refractivity contribution in [3.63, 3.8) is 0 Å². The van der Waals surface area contributed by atoms with Crippen molar-refractivity contribution in [3.8, 4) is 5.75 Å². The Balaban J connectivity index is 1.63. The fraction of sp³-hybridized carbons (Fsp3) is 0.364. The lowest BCUT2D eigenvalue weighted by atomic mass is 9.62. The number of fused-ring (bicyclic) bond motifs is 3. The molecule has 5 atom stereocenters. The van der Waals surface area contributed by atoms with Gasteiger partial charge in [-0.15, -0.1) is 0 Å². The van der Waals surface area contributed by atoms with Gasteiger partial charge in [-0.2, -0.15) is 0 Å². The summed E-state index contributed by atoms with van der Waals surface area (Å²) in [5, 5.41) is 12.9. The number of hydrogen-bond donors (Lipinski definition) is 2. The van der Waals surface area contributed by atoms with Gasteiger partial charge in [0.15, 0.2) is 0 Å². The molecule has 0 aliphatic carbocycles. The highest BCUT2D eigenvalue weighted by Crippen LogP contribution is 2.63. The molecule has 2 fully saturated rings. The van der Waals surface area contributed by atoms with Gasteiger partial charge in [0.25, 0.3) is 0 Å². The minimum absolute atomic E-state index is 0.00623. The van der Waals surface area contributed by atoms with Crippen molar-refractivity contribution in [2.24, 2.45) is 5.41 Å². The van der Waals surface area contributed by atoms with Gasteiger partial charge in [-0.3, -0.25) is 19.4 Å². The summed E-state index contributed by atoms with van der Waals surface area (Å²) in [5.41, 5.74) is 0.0471. The Morgan fingerprint density at radius 3 is 2.50 bits per heavy atom. The zero-order valence-corrected chi connectivity index (χ0v) is 26.3. The topological polar surface area (TPSA) is 99.2 Å². The average molecular weight is 641 g/mol. The van der Waals surface area contributed by atoms with E-state index < -0.39 is 41.4 Å². The Labute approximate surface area is 264 Å². The van der Waals surface area contributed by atoms with E-state index >= 15 is 4.39 Å². The van der Waals surface area contributed by atoms with Crippen LogP contribution in [0, 0.1) is 11.2 Å². The maximum Gasteiger partial charge on any atom is 0.335 e. The fourth-order valence-electron chi connectivity index (χ4n) is 7.60. The smallest absolute Gasteiger partial charge is 0.335 e. The van der Waals surface area contributed by atoms with E-state index in [0.717, 1.165) is 0 Å². The number of rotatable bonds is 5. The second kappa shape index (κ2) is 10.5. The van der Waals surface area contributed by atoms with Crippen LogP contribution in [-0.2, 0) is 15.0 Å². The minimum atomic E-state index is -1.36. The van der Waals surface area contributed by atoms with E-state index in [1.54, 1.807) is 41.3 Å². The predicted molar refractivity (Wildman–Crippen MR) is 166 cm³/mol. The molecule has 230 valence electrons. The molecule has 0 radical (unpaired) electrons. The third kappa shape index (κ3) is 4.31. The van der Waals surface area contributed by atoms with Crippen LogP contribution in [0.25, 0.3) is 0 Å². The number of ether oxygens (including phenoxy) is 1. The quantitative estimate of drug-likeness (QED) is 0.322. The van der Waals surface area contributed by atoms with Gasteiger partial charge in [0.2, 0.25) is 11.8 Å². The van der Waals surface area contributed by atoms with Crippen molar-refractivity contribution < 1.29 is 28.6 Å². The average Bonchev–Trinajstić information content (AvgIpc) is 3.50. The Hall–Kier alpha value is -3.66. The first kappa shape index (κ1) is 30.4. The van der Waals surface area contributed by atoms with Crippen molar-refractivity contribution in [2.45, 2.75) is 63.7 Å². The summed E-state index contributed by atoms with van der Waals surface area (Å²) in [6.07, 6.45) is -0.129. The standard InChI is InChI=1S/C33H32Cl2FN3O5/c1-16-38(23-12-9-17(30(41)42)13-24(23)44-5)29(40)28-26(19-7-6-8-21(35)27(19)36)33(25(39(16)28)15-32(2,3)4)20-11-10-18(34)14-22(20)37-31(33)43/h6-14,16,25-26,28H,15H2,1-5H3,(H,37,43)(H,41,42)/t16-,25+,26+,28-,33-/m1/s1. The highest BCUT2D eigenvalue weighted by Gasteiger charge is 2.72. The molecule has 0 bridgehead atoms. The summed E-state index contributed by atoms with van der Waals surface area (Å²) in [5.74, 6) is -3.29. The normalized spacial score (nSPS) is 26.2. The number of nitrogens with one attached hydrogen (secondary N) is 1. The molecule has 2 amide bonds. The van der Waals surface area contributed by atoms with Crippen molar-refractivity contribution in [2.75, 3.05) is 17.3 Å². The molecule has 0 unspecified atom stereocenters. The summed E-state index contributed by atoms with van der Waals surface area (Å²) in [7, 11) is 1.41. The van der Waals surface area contributed by atoms with Gasteiger partial charge in [0.1, 0.15) is 23.0 Å². The number of amides is 2. The molecule has 6 rings (SSSR count). The number of carboxylic acids is 1. The lowest BCUT2D eigenvalue weighted by Gasteiger charge is -2.42. The van der Waals surface area contributed by atoms with E-state index in [4.69, 9.17) is 27.9 Å². The zero-order valence-electron chi connectivity index (χ0n) is 24.8. The molecule has 3 aliphatic rings. The third-order valence-corrected chi connectivity index (χ3v) is 9.70. The van der Waals surface area contributed by atoms with E-state index in [0.29, 0.717) is 28.4 Å². The van der Waals surface area contributed by atoms with Gasteiger partial charge in [-0.05, 0) is 66.3 Å². The van der Waals surface area contributed by atoms with Gasteiger partial charge in [-0.25, -0.2) is 9.18 Å². The second-order valence-electron chi connectivity index (χ2n) is 12.8. The van der Waals surface area contributed by atoms with E-state index in [-0.39, 0.29) is 39.1 Å². The number of nitrogens with zero attached hydrogens (tertiary/aromatic N) is 2. The molecule has 3 aliphatic heterocycles. The first-order valence-electron chi connectivity index (χ1n) is 14.3. The predicted octanol–water partition coefficient (Wildman–Crippen LogP) is 6.69. The van der Waals surface area contributed by atoms with Gasteiger partial charge >= 0.3 is 5.97 Å². The number of halogens is 3. The molecule has 2 N–H and O–H groups in total. The summed E-state index contributed by atoms with van der Waals surface area (Å²) < 4.78 is 21.7. The monoisotopic (exact) mass is 639 g/mol. The number of carbonyl (C=O) groups is 3. The van der Waals surface area contributed by atoms with Gasteiger partial charge in [0.05, 0.1) is 29.5 Å². The molecule has 8 nitrogen and oxygen atoms in total. The van der Waals surface area contributed by atoms with E-state index in [2.05, 4.69) is 26.1 Å². The third-order valence-electron chi connectivity index (χ3n) is 9.17. The van der Waals surface area contributed by atoms with Crippen molar-refractivity contribution in [1.29, 1.82) is 0 Å². The molecular weight excluding hydrogens is 608 g/mol. The second-order valence-corrected chi connectivity index (χ2v) is 13.7. The molecule has 0 saturated carbocycles. The Bertz CT molecular complexity index is 1730. The Morgan fingerprint density at radius 2 is 1.84 bits per heavy atom. The Morgan fingerprint density at radius 1 is 1.11 bits per heavy atom. The number of anilines is 2. The number of methoxy groups -OCH3 is 1. The maximum atomic E-state index is 16.2. The minimum Gasteiger partial charge on any atom is -0.495 e. The van der Waals surface area contributed by atoms with Crippen LogP contribution < -0.4 is 15.0 Å². The lowest BCUT2D eigenvalue weighted by molar-refractivity contribution is -0.122. The van der Waals surface area contributed by atoms with Crippen LogP contribution in [0.1, 0.15) is 61.5 Å².